The number of benzene rings is 1. The highest BCUT2D eigenvalue weighted by Gasteiger charge is 2.15. The fourth-order valence-corrected chi connectivity index (χ4v) is 2.26. The van der Waals surface area contributed by atoms with Crippen molar-refractivity contribution in [3.05, 3.63) is 53.9 Å². The van der Waals surface area contributed by atoms with Crippen LogP contribution in [0.25, 0.3) is 0 Å². The standard InChI is InChI=1S/C15H17N3OS/c1-18(10-11-5-7-12(20-2)8-6-11)15(19)14-13(16)4-3-9-17-14/h3-9H,10,16H2,1-2H3. The Labute approximate surface area is 123 Å². The van der Waals surface area contributed by atoms with Crippen LogP contribution in [-0.4, -0.2) is 29.1 Å². The highest BCUT2D eigenvalue weighted by Crippen LogP contribution is 2.16. The zero-order chi connectivity index (χ0) is 14.5. The summed E-state index contributed by atoms with van der Waals surface area (Å²) in [4.78, 5) is 19.1. The number of thioether (sulfide) groups is 1. The maximum atomic E-state index is 12.3. The van der Waals surface area contributed by atoms with Crippen molar-refractivity contribution < 1.29 is 4.79 Å². The molecule has 5 heteroatoms. The van der Waals surface area contributed by atoms with E-state index in [4.69, 9.17) is 5.73 Å². The van der Waals surface area contributed by atoms with E-state index in [0.29, 0.717) is 17.9 Å². The van der Waals surface area contributed by atoms with Crippen molar-refractivity contribution in [2.45, 2.75) is 11.4 Å². The van der Waals surface area contributed by atoms with Gasteiger partial charge in [0, 0.05) is 24.7 Å². The Kier molecular flexibility index (Phi) is 4.63. The number of hydrogen-bond acceptors (Lipinski definition) is 4. The second-order valence-electron chi connectivity index (χ2n) is 4.45. The number of nitrogens with two attached hydrogens (primary N) is 1. The van der Waals surface area contributed by atoms with Gasteiger partial charge in [-0.2, -0.15) is 0 Å². The summed E-state index contributed by atoms with van der Waals surface area (Å²) in [6.45, 7) is 0.531. The van der Waals surface area contributed by atoms with E-state index in [1.807, 2.05) is 30.5 Å². The summed E-state index contributed by atoms with van der Waals surface area (Å²) in [7, 11) is 1.75. The number of carbonyl (C=O) groups is 1. The van der Waals surface area contributed by atoms with Crippen LogP contribution in [0.4, 0.5) is 5.69 Å². The molecule has 1 aromatic carbocycles. The number of anilines is 1. The van der Waals surface area contributed by atoms with Crippen LogP contribution < -0.4 is 5.73 Å². The molecule has 2 aromatic rings. The summed E-state index contributed by atoms with van der Waals surface area (Å²) < 4.78 is 0. The first-order valence-electron chi connectivity index (χ1n) is 6.20. The molecule has 0 aliphatic carbocycles. The molecular formula is C15H17N3OS. The largest absolute Gasteiger partial charge is 0.397 e. The van der Waals surface area contributed by atoms with Gasteiger partial charge in [-0.25, -0.2) is 4.98 Å². The van der Waals surface area contributed by atoms with E-state index in [9.17, 15) is 4.79 Å². The number of nitrogen functional groups attached to an aromatic ring is 1. The Morgan fingerprint density at radius 2 is 2.00 bits per heavy atom. The van der Waals surface area contributed by atoms with Gasteiger partial charge in [0.15, 0.2) is 5.69 Å². The van der Waals surface area contributed by atoms with Crippen LogP contribution in [0, 0.1) is 0 Å². The van der Waals surface area contributed by atoms with Crippen LogP contribution in [0.2, 0.25) is 0 Å². The van der Waals surface area contributed by atoms with E-state index >= 15 is 0 Å². The van der Waals surface area contributed by atoms with Crippen LogP contribution in [0.5, 0.6) is 0 Å². The van der Waals surface area contributed by atoms with Crippen LogP contribution in [0.15, 0.2) is 47.5 Å². The number of rotatable bonds is 4. The molecule has 0 spiro atoms. The monoisotopic (exact) mass is 287 g/mol. The Hall–Kier alpha value is -2.01. The summed E-state index contributed by atoms with van der Waals surface area (Å²) in [5, 5.41) is 0. The molecule has 0 bridgehead atoms. The van der Waals surface area contributed by atoms with E-state index in [1.54, 1.807) is 42.0 Å². The van der Waals surface area contributed by atoms with E-state index in [-0.39, 0.29) is 5.91 Å². The van der Waals surface area contributed by atoms with Gasteiger partial charge in [-0.1, -0.05) is 12.1 Å². The molecule has 104 valence electrons. The van der Waals surface area contributed by atoms with Crippen molar-refractivity contribution in [3.63, 3.8) is 0 Å². The predicted molar refractivity (Wildman–Crippen MR) is 82.7 cm³/mol. The van der Waals surface area contributed by atoms with Crippen LogP contribution in [-0.2, 0) is 6.54 Å². The van der Waals surface area contributed by atoms with Crippen molar-refractivity contribution in [3.8, 4) is 0 Å². The van der Waals surface area contributed by atoms with Crippen LogP contribution >= 0.6 is 11.8 Å². The summed E-state index contributed by atoms with van der Waals surface area (Å²) in [5.74, 6) is -0.169. The molecule has 20 heavy (non-hydrogen) atoms. The van der Waals surface area contributed by atoms with Crippen LogP contribution in [0.3, 0.4) is 0 Å². The fourth-order valence-electron chi connectivity index (χ4n) is 1.85. The highest BCUT2D eigenvalue weighted by molar-refractivity contribution is 7.98. The van der Waals surface area contributed by atoms with Gasteiger partial charge < -0.3 is 10.6 Å². The quantitative estimate of drug-likeness (QED) is 0.878. The Morgan fingerprint density at radius 1 is 1.30 bits per heavy atom. The second kappa shape index (κ2) is 6.43. The lowest BCUT2D eigenvalue weighted by Gasteiger charge is -2.17. The molecule has 0 fully saturated rings. The first-order valence-corrected chi connectivity index (χ1v) is 7.43. The van der Waals surface area contributed by atoms with E-state index < -0.39 is 0 Å². The normalized spacial score (nSPS) is 10.3. The van der Waals surface area contributed by atoms with Gasteiger partial charge in [-0.3, -0.25) is 4.79 Å². The minimum atomic E-state index is -0.169. The number of hydrogen-bond donors (Lipinski definition) is 1. The lowest BCUT2D eigenvalue weighted by Crippen LogP contribution is -2.27. The Balaban J connectivity index is 2.09. The van der Waals surface area contributed by atoms with Crippen molar-refractivity contribution in [1.29, 1.82) is 0 Å². The highest BCUT2D eigenvalue weighted by atomic mass is 32.2. The SMILES string of the molecule is CSc1ccc(CN(C)C(=O)c2ncccc2N)cc1. The summed E-state index contributed by atoms with van der Waals surface area (Å²) in [6.07, 6.45) is 3.61. The zero-order valence-corrected chi connectivity index (χ0v) is 12.4. The van der Waals surface area contributed by atoms with Gasteiger partial charge in [0.25, 0.3) is 5.91 Å². The molecule has 4 nitrogen and oxygen atoms in total. The van der Waals surface area contributed by atoms with Gasteiger partial charge >= 0.3 is 0 Å². The summed E-state index contributed by atoms with van der Waals surface area (Å²) >= 11 is 1.69. The number of aromatic nitrogens is 1. The molecule has 1 aromatic heterocycles. The third kappa shape index (κ3) is 3.30. The first-order chi connectivity index (χ1) is 9.61. The molecule has 0 radical (unpaired) electrons. The average molecular weight is 287 g/mol. The molecule has 0 unspecified atom stereocenters. The maximum Gasteiger partial charge on any atom is 0.274 e. The molecule has 2 rings (SSSR count). The predicted octanol–water partition coefficient (Wildman–Crippen LogP) is 2.66. The lowest BCUT2D eigenvalue weighted by atomic mass is 10.2. The van der Waals surface area contributed by atoms with Crippen molar-refractivity contribution in [2.24, 2.45) is 0 Å². The number of amides is 1. The van der Waals surface area contributed by atoms with Crippen molar-refractivity contribution >= 4 is 23.4 Å². The van der Waals surface area contributed by atoms with Gasteiger partial charge in [0.05, 0.1) is 5.69 Å². The molecule has 0 saturated heterocycles. The van der Waals surface area contributed by atoms with Gasteiger partial charge in [-0.15, -0.1) is 11.8 Å². The fraction of sp³-hybridized carbons (Fsp3) is 0.200. The molecule has 0 atom stereocenters. The third-order valence-corrected chi connectivity index (χ3v) is 3.71. The molecular weight excluding hydrogens is 270 g/mol. The summed E-state index contributed by atoms with van der Waals surface area (Å²) in [6, 6.07) is 11.5. The average Bonchev–Trinajstić information content (AvgIpc) is 2.48. The summed E-state index contributed by atoms with van der Waals surface area (Å²) in [5.41, 5.74) is 7.56. The van der Waals surface area contributed by atoms with Gasteiger partial charge in [0.2, 0.25) is 0 Å². The van der Waals surface area contributed by atoms with Crippen molar-refractivity contribution in [1.82, 2.24) is 9.88 Å². The number of pyridine rings is 1. The first kappa shape index (κ1) is 14.4. The van der Waals surface area contributed by atoms with Gasteiger partial charge in [0.1, 0.15) is 0 Å². The van der Waals surface area contributed by atoms with E-state index in [2.05, 4.69) is 4.98 Å². The minimum absolute atomic E-state index is 0.169. The Morgan fingerprint density at radius 3 is 2.60 bits per heavy atom. The molecule has 1 heterocycles. The molecule has 0 aliphatic rings. The molecule has 0 aliphatic heterocycles. The van der Waals surface area contributed by atoms with E-state index in [0.717, 1.165) is 5.56 Å². The second-order valence-corrected chi connectivity index (χ2v) is 5.33. The molecule has 0 saturated carbocycles. The third-order valence-electron chi connectivity index (χ3n) is 2.97. The minimum Gasteiger partial charge on any atom is -0.397 e. The van der Waals surface area contributed by atoms with Crippen molar-refractivity contribution in [2.75, 3.05) is 19.0 Å². The van der Waals surface area contributed by atoms with E-state index in [1.165, 1.54) is 4.90 Å². The topological polar surface area (TPSA) is 59.2 Å². The smallest absolute Gasteiger partial charge is 0.274 e. The lowest BCUT2D eigenvalue weighted by molar-refractivity contribution is 0.0780. The van der Waals surface area contributed by atoms with Crippen LogP contribution in [0.1, 0.15) is 16.1 Å². The zero-order valence-electron chi connectivity index (χ0n) is 11.5. The molecule has 2 N–H and O–H groups in total. The number of carbonyl (C=O) groups excluding carboxylic acids is 1. The maximum absolute atomic E-state index is 12.3. The molecule has 1 amide bonds. The number of nitrogens with zero attached hydrogens (tertiary/aromatic N) is 2. The Bertz CT molecular complexity index is 598. The van der Waals surface area contributed by atoms with Gasteiger partial charge in [-0.05, 0) is 36.1 Å².